The van der Waals surface area contributed by atoms with Crippen molar-refractivity contribution in [1.82, 2.24) is 10.2 Å². The van der Waals surface area contributed by atoms with Crippen LogP contribution >= 0.6 is 11.6 Å². The molecule has 0 heterocycles. The molecule has 0 radical (unpaired) electrons. The van der Waals surface area contributed by atoms with E-state index in [-0.39, 0.29) is 35.7 Å². The number of amides is 2. The molecule has 0 fully saturated rings. The molecular weight excluding hydrogens is 578 g/mol. The molecule has 0 aliphatic rings. The number of ether oxygens (including phenoxy) is 2. The van der Waals surface area contributed by atoms with Crippen molar-refractivity contribution in [1.29, 1.82) is 0 Å². The molecule has 3 aromatic carbocycles. The van der Waals surface area contributed by atoms with Gasteiger partial charge in [0.25, 0.3) is 10.0 Å². The number of hydrogen-bond donors (Lipinski definition) is 1. The monoisotopic (exact) mass is 615 g/mol. The van der Waals surface area contributed by atoms with Gasteiger partial charge < -0.3 is 19.7 Å². The van der Waals surface area contributed by atoms with Crippen molar-refractivity contribution in [3.05, 3.63) is 83.4 Å². The Hall–Kier alpha value is -3.76. The number of para-hydroxylation sites is 2. The van der Waals surface area contributed by atoms with Gasteiger partial charge in [-0.05, 0) is 81.3 Å². The lowest BCUT2D eigenvalue weighted by molar-refractivity contribution is -0.139. The minimum absolute atomic E-state index is 0.0460. The Morgan fingerprint density at radius 1 is 0.952 bits per heavy atom. The lowest BCUT2D eigenvalue weighted by Gasteiger charge is -2.33. The number of sulfonamides is 1. The van der Waals surface area contributed by atoms with Crippen molar-refractivity contribution in [3.63, 3.8) is 0 Å². The van der Waals surface area contributed by atoms with Crippen molar-refractivity contribution in [2.45, 2.75) is 57.6 Å². The molecule has 0 aliphatic carbocycles. The molecule has 3 rings (SSSR count). The summed E-state index contributed by atoms with van der Waals surface area (Å²) in [5.41, 5.74) is 0.943. The molecule has 2 atom stereocenters. The molecule has 11 heteroatoms. The number of anilines is 1. The predicted octanol–water partition coefficient (Wildman–Crippen LogP) is 5.27. The summed E-state index contributed by atoms with van der Waals surface area (Å²) < 4.78 is 40.1. The van der Waals surface area contributed by atoms with Crippen LogP contribution < -0.4 is 19.1 Å². The first-order valence-corrected chi connectivity index (χ1v) is 15.6. The third-order valence-electron chi connectivity index (χ3n) is 6.79. The molecule has 9 nitrogen and oxygen atoms in total. The number of carbonyl (C=O) groups excluding carboxylic acids is 2. The Morgan fingerprint density at radius 3 is 2.19 bits per heavy atom. The van der Waals surface area contributed by atoms with Gasteiger partial charge in [0.2, 0.25) is 11.8 Å². The average molecular weight is 616 g/mol. The molecule has 0 bridgehead atoms. The molecule has 3 aromatic rings. The summed E-state index contributed by atoms with van der Waals surface area (Å²) in [6.07, 6.45) is 0.714. The van der Waals surface area contributed by atoms with E-state index in [0.717, 1.165) is 9.87 Å². The van der Waals surface area contributed by atoms with Crippen LogP contribution in [0.3, 0.4) is 0 Å². The second-order valence-corrected chi connectivity index (χ2v) is 12.0. The molecule has 2 amide bonds. The maximum Gasteiger partial charge on any atom is 0.264 e. The van der Waals surface area contributed by atoms with Crippen LogP contribution in [-0.4, -0.2) is 57.5 Å². The van der Waals surface area contributed by atoms with Gasteiger partial charge in [0.15, 0.2) is 0 Å². The first kappa shape index (κ1) is 32.8. The fourth-order valence-corrected chi connectivity index (χ4v) is 5.71. The smallest absolute Gasteiger partial charge is 0.264 e. The molecule has 1 N–H and O–H groups in total. The number of nitrogens with one attached hydrogen (secondary N) is 1. The van der Waals surface area contributed by atoms with Crippen LogP contribution in [0.4, 0.5) is 5.69 Å². The van der Waals surface area contributed by atoms with Crippen LogP contribution in [0.25, 0.3) is 0 Å². The lowest BCUT2D eigenvalue weighted by Crippen LogP contribution is -2.52. The number of nitrogens with zero attached hydrogens (tertiary/aromatic N) is 2. The standard InChI is InChI=1S/C31H38ClN3O6S/c1-6-22(3)33-31(37)23(4)34(20-24-12-16-26(40-5)17-13-24)30(36)21-35(28-10-8-9-11-29(28)41-7-2)42(38,39)27-18-14-25(32)15-19-27/h8-19,22-23H,6-7,20-21H2,1-5H3,(H,33,37). The molecule has 226 valence electrons. The quantitative estimate of drug-likeness (QED) is 0.265. The Labute approximate surface area is 253 Å². The van der Waals surface area contributed by atoms with Gasteiger partial charge in [-0.1, -0.05) is 42.8 Å². The highest BCUT2D eigenvalue weighted by atomic mass is 35.5. The van der Waals surface area contributed by atoms with Crippen LogP contribution in [0.5, 0.6) is 11.5 Å². The van der Waals surface area contributed by atoms with Gasteiger partial charge >= 0.3 is 0 Å². The summed E-state index contributed by atoms with van der Waals surface area (Å²) in [7, 11) is -2.70. The van der Waals surface area contributed by atoms with Gasteiger partial charge in [0.05, 0.1) is 24.3 Å². The van der Waals surface area contributed by atoms with Gasteiger partial charge in [-0.15, -0.1) is 0 Å². The molecule has 0 saturated heterocycles. The van der Waals surface area contributed by atoms with Crippen molar-refractivity contribution in [3.8, 4) is 11.5 Å². The van der Waals surface area contributed by atoms with Gasteiger partial charge in [0.1, 0.15) is 24.1 Å². The topological polar surface area (TPSA) is 105 Å². The van der Waals surface area contributed by atoms with E-state index in [1.165, 1.54) is 29.2 Å². The van der Waals surface area contributed by atoms with E-state index in [1.807, 2.05) is 13.8 Å². The van der Waals surface area contributed by atoms with Crippen LogP contribution in [-0.2, 0) is 26.2 Å². The number of benzene rings is 3. The van der Waals surface area contributed by atoms with Crippen molar-refractivity contribution >= 4 is 39.1 Å². The Balaban J connectivity index is 2.07. The Kier molecular flexibility index (Phi) is 11.6. The van der Waals surface area contributed by atoms with E-state index < -0.39 is 28.5 Å². The van der Waals surface area contributed by atoms with Gasteiger partial charge in [-0.2, -0.15) is 0 Å². The summed E-state index contributed by atoms with van der Waals surface area (Å²) in [6, 6.07) is 18.5. The number of rotatable bonds is 14. The summed E-state index contributed by atoms with van der Waals surface area (Å²) in [6.45, 7) is 7.03. The fourth-order valence-electron chi connectivity index (χ4n) is 4.16. The molecule has 42 heavy (non-hydrogen) atoms. The maximum atomic E-state index is 14.1. The highest BCUT2D eigenvalue weighted by molar-refractivity contribution is 7.92. The zero-order chi connectivity index (χ0) is 30.9. The number of halogens is 1. The molecule has 0 saturated carbocycles. The first-order chi connectivity index (χ1) is 20.0. The number of carbonyl (C=O) groups is 2. The van der Waals surface area contributed by atoms with Crippen molar-refractivity contribution < 1.29 is 27.5 Å². The summed E-state index contributed by atoms with van der Waals surface area (Å²) >= 11 is 6.02. The zero-order valence-electron chi connectivity index (χ0n) is 24.5. The van der Waals surface area contributed by atoms with E-state index in [1.54, 1.807) is 69.5 Å². The predicted molar refractivity (Wildman–Crippen MR) is 164 cm³/mol. The van der Waals surface area contributed by atoms with Gasteiger partial charge in [0, 0.05) is 17.6 Å². The minimum Gasteiger partial charge on any atom is -0.497 e. The number of methoxy groups -OCH3 is 1. The lowest BCUT2D eigenvalue weighted by atomic mass is 10.1. The molecule has 2 unspecified atom stereocenters. The third-order valence-corrected chi connectivity index (χ3v) is 8.82. The summed E-state index contributed by atoms with van der Waals surface area (Å²) in [5.74, 6) is 0.0380. The van der Waals surface area contributed by atoms with Crippen LogP contribution in [0.2, 0.25) is 5.02 Å². The van der Waals surface area contributed by atoms with Gasteiger partial charge in [-0.25, -0.2) is 8.42 Å². The van der Waals surface area contributed by atoms with E-state index in [4.69, 9.17) is 21.1 Å². The largest absolute Gasteiger partial charge is 0.497 e. The number of hydrogen-bond acceptors (Lipinski definition) is 6. The molecule has 0 aromatic heterocycles. The van der Waals surface area contributed by atoms with E-state index in [9.17, 15) is 18.0 Å². The SMILES string of the molecule is CCOc1ccccc1N(CC(=O)N(Cc1ccc(OC)cc1)C(C)C(=O)NC(C)CC)S(=O)(=O)c1ccc(Cl)cc1. The van der Waals surface area contributed by atoms with Crippen molar-refractivity contribution in [2.24, 2.45) is 0 Å². The Bertz CT molecular complexity index is 1450. The maximum absolute atomic E-state index is 14.1. The normalized spacial score (nSPS) is 12.6. The van der Waals surface area contributed by atoms with E-state index in [2.05, 4.69) is 5.32 Å². The first-order valence-electron chi connectivity index (χ1n) is 13.7. The molecule has 0 spiro atoms. The highest BCUT2D eigenvalue weighted by Crippen LogP contribution is 2.33. The fraction of sp³-hybridized carbons (Fsp3) is 0.355. The zero-order valence-corrected chi connectivity index (χ0v) is 26.1. The van der Waals surface area contributed by atoms with Crippen LogP contribution in [0.15, 0.2) is 77.7 Å². The van der Waals surface area contributed by atoms with Gasteiger partial charge in [-0.3, -0.25) is 13.9 Å². The van der Waals surface area contributed by atoms with E-state index >= 15 is 0 Å². The molecule has 0 aliphatic heterocycles. The summed E-state index contributed by atoms with van der Waals surface area (Å²) in [5, 5.41) is 3.30. The second-order valence-electron chi connectivity index (χ2n) is 9.73. The van der Waals surface area contributed by atoms with E-state index in [0.29, 0.717) is 22.9 Å². The molecular formula is C31H38ClN3O6S. The highest BCUT2D eigenvalue weighted by Gasteiger charge is 2.34. The Morgan fingerprint density at radius 2 is 1.60 bits per heavy atom. The van der Waals surface area contributed by atoms with Crippen LogP contribution in [0, 0.1) is 0 Å². The third kappa shape index (κ3) is 8.17. The summed E-state index contributed by atoms with van der Waals surface area (Å²) in [4.78, 5) is 28.7. The minimum atomic E-state index is -4.26. The average Bonchev–Trinajstić information content (AvgIpc) is 2.99. The second kappa shape index (κ2) is 14.9. The van der Waals surface area contributed by atoms with Crippen LogP contribution in [0.1, 0.15) is 39.7 Å². The van der Waals surface area contributed by atoms with Crippen molar-refractivity contribution in [2.75, 3.05) is 24.6 Å².